The van der Waals surface area contributed by atoms with Gasteiger partial charge in [-0.05, 0) is 30.2 Å². The number of benzene rings is 2. The van der Waals surface area contributed by atoms with Crippen molar-refractivity contribution in [1.29, 1.82) is 0 Å². The largest absolute Gasteiger partial charge is 0.378 e. The number of rotatable bonds is 3. The van der Waals surface area contributed by atoms with Gasteiger partial charge >= 0.3 is 0 Å². The lowest BCUT2D eigenvalue weighted by Gasteiger charge is -2.12. The smallest absolute Gasteiger partial charge is 0.159 e. The molecule has 2 aromatic rings. The summed E-state index contributed by atoms with van der Waals surface area (Å²) in [6.07, 6.45) is 0. The second-order valence-corrected chi connectivity index (χ2v) is 4.57. The summed E-state index contributed by atoms with van der Waals surface area (Å²) < 4.78 is 0. The van der Waals surface area contributed by atoms with Crippen molar-refractivity contribution < 1.29 is 4.79 Å². The van der Waals surface area contributed by atoms with Crippen molar-refractivity contribution in [1.82, 2.24) is 0 Å². The standard InChI is InChI=1S/C16H17NO/c1-12(18)13-4-6-14(7-5-13)15-8-10-16(11-9-15)17(2)3/h4-11H,1-3H3. The second-order valence-electron chi connectivity index (χ2n) is 4.57. The van der Waals surface area contributed by atoms with Crippen LogP contribution in [0, 0.1) is 0 Å². The highest BCUT2D eigenvalue weighted by Gasteiger charge is 2.01. The highest BCUT2D eigenvalue weighted by Crippen LogP contribution is 2.22. The molecular weight excluding hydrogens is 222 g/mol. The third-order valence-electron chi connectivity index (χ3n) is 3.01. The SMILES string of the molecule is CC(=O)c1ccc(-c2ccc(N(C)C)cc2)cc1. The van der Waals surface area contributed by atoms with Crippen LogP contribution in [0.5, 0.6) is 0 Å². The molecule has 0 saturated heterocycles. The average molecular weight is 239 g/mol. The number of hydrogen-bond donors (Lipinski definition) is 0. The molecular formula is C16H17NO. The molecule has 0 radical (unpaired) electrons. The van der Waals surface area contributed by atoms with E-state index in [1.54, 1.807) is 6.92 Å². The summed E-state index contributed by atoms with van der Waals surface area (Å²) in [4.78, 5) is 13.3. The first-order chi connectivity index (χ1) is 8.58. The Morgan fingerprint density at radius 2 is 1.28 bits per heavy atom. The van der Waals surface area contributed by atoms with Crippen LogP contribution in [-0.2, 0) is 0 Å². The van der Waals surface area contributed by atoms with Gasteiger partial charge in [-0.25, -0.2) is 0 Å². The maximum Gasteiger partial charge on any atom is 0.159 e. The minimum Gasteiger partial charge on any atom is -0.378 e. The molecule has 0 amide bonds. The van der Waals surface area contributed by atoms with Crippen molar-refractivity contribution >= 4 is 11.5 Å². The first kappa shape index (κ1) is 12.4. The minimum absolute atomic E-state index is 0.101. The van der Waals surface area contributed by atoms with E-state index in [-0.39, 0.29) is 5.78 Å². The highest BCUT2D eigenvalue weighted by molar-refractivity contribution is 5.94. The van der Waals surface area contributed by atoms with Crippen molar-refractivity contribution in [2.45, 2.75) is 6.92 Å². The number of ketones is 1. The number of Topliss-reactive ketones (excluding diaryl/α,β-unsaturated/α-hetero) is 1. The van der Waals surface area contributed by atoms with Crippen LogP contribution in [-0.4, -0.2) is 19.9 Å². The van der Waals surface area contributed by atoms with Gasteiger partial charge in [-0.2, -0.15) is 0 Å². The number of carbonyl (C=O) groups excluding carboxylic acids is 1. The van der Waals surface area contributed by atoms with Crippen molar-refractivity contribution in [2.24, 2.45) is 0 Å². The van der Waals surface area contributed by atoms with E-state index in [1.807, 2.05) is 38.4 Å². The van der Waals surface area contributed by atoms with Crippen LogP contribution < -0.4 is 4.90 Å². The average Bonchev–Trinajstić information content (AvgIpc) is 2.39. The van der Waals surface area contributed by atoms with Crippen LogP contribution in [0.4, 0.5) is 5.69 Å². The summed E-state index contributed by atoms with van der Waals surface area (Å²) in [5.41, 5.74) is 4.23. The van der Waals surface area contributed by atoms with Gasteiger partial charge in [0.25, 0.3) is 0 Å². The normalized spacial score (nSPS) is 10.2. The Balaban J connectivity index is 2.28. The van der Waals surface area contributed by atoms with E-state index in [9.17, 15) is 4.79 Å². The van der Waals surface area contributed by atoms with Gasteiger partial charge in [0.1, 0.15) is 0 Å². The summed E-state index contributed by atoms with van der Waals surface area (Å²) in [6.45, 7) is 1.58. The zero-order chi connectivity index (χ0) is 13.1. The molecule has 0 unspecified atom stereocenters. The molecule has 18 heavy (non-hydrogen) atoms. The summed E-state index contributed by atoms with van der Waals surface area (Å²) in [6, 6.07) is 16.1. The Hall–Kier alpha value is -2.09. The third kappa shape index (κ3) is 2.59. The Labute approximate surface area is 108 Å². The molecule has 0 aliphatic rings. The van der Waals surface area contributed by atoms with E-state index >= 15 is 0 Å². The maximum absolute atomic E-state index is 11.2. The third-order valence-corrected chi connectivity index (χ3v) is 3.01. The molecule has 0 N–H and O–H groups in total. The molecule has 2 heteroatoms. The minimum atomic E-state index is 0.101. The number of carbonyl (C=O) groups is 1. The zero-order valence-corrected chi connectivity index (χ0v) is 11.0. The van der Waals surface area contributed by atoms with Gasteiger partial charge in [0.05, 0.1) is 0 Å². The maximum atomic E-state index is 11.2. The molecule has 0 fully saturated rings. The van der Waals surface area contributed by atoms with Crippen LogP contribution in [0.1, 0.15) is 17.3 Å². The fraction of sp³-hybridized carbons (Fsp3) is 0.188. The van der Waals surface area contributed by atoms with E-state index in [4.69, 9.17) is 0 Å². The molecule has 0 aromatic heterocycles. The van der Waals surface area contributed by atoms with Gasteiger partial charge in [0.2, 0.25) is 0 Å². The van der Waals surface area contributed by atoms with Crippen molar-refractivity contribution in [3.63, 3.8) is 0 Å². The first-order valence-corrected chi connectivity index (χ1v) is 5.96. The molecule has 0 spiro atoms. The fourth-order valence-electron chi connectivity index (χ4n) is 1.85. The Morgan fingerprint density at radius 1 is 0.833 bits per heavy atom. The molecule has 0 bridgehead atoms. The van der Waals surface area contributed by atoms with Crippen LogP contribution >= 0.6 is 0 Å². The molecule has 0 heterocycles. The van der Waals surface area contributed by atoms with Crippen molar-refractivity contribution in [3.8, 4) is 11.1 Å². The number of hydrogen-bond acceptors (Lipinski definition) is 2. The Bertz CT molecular complexity index is 538. The van der Waals surface area contributed by atoms with Crippen LogP contribution in [0.2, 0.25) is 0 Å². The van der Waals surface area contributed by atoms with E-state index in [2.05, 4.69) is 29.2 Å². The lowest BCUT2D eigenvalue weighted by Crippen LogP contribution is -2.07. The van der Waals surface area contributed by atoms with Gasteiger partial charge in [0, 0.05) is 25.3 Å². The summed E-state index contributed by atoms with van der Waals surface area (Å²) >= 11 is 0. The molecule has 92 valence electrons. The molecule has 2 aromatic carbocycles. The Kier molecular flexibility index (Phi) is 3.47. The predicted molar refractivity (Wildman–Crippen MR) is 76.2 cm³/mol. The second kappa shape index (κ2) is 5.05. The van der Waals surface area contributed by atoms with Gasteiger partial charge in [-0.15, -0.1) is 0 Å². The van der Waals surface area contributed by atoms with E-state index < -0.39 is 0 Å². The number of nitrogens with zero attached hydrogens (tertiary/aromatic N) is 1. The first-order valence-electron chi connectivity index (χ1n) is 5.96. The van der Waals surface area contributed by atoms with Crippen molar-refractivity contribution in [2.75, 3.05) is 19.0 Å². The predicted octanol–water partition coefficient (Wildman–Crippen LogP) is 3.62. The molecule has 0 atom stereocenters. The molecule has 2 nitrogen and oxygen atoms in total. The molecule has 0 aliphatic carbocycles. The van der Waals surface area contributed by atoms with Gasteiger partial charge in [-0.3, -0.25) is 4.79 Å². The lowest BCUT2D eigenvalue weighted by molar-refractivity contribution is 0.101. The van der Waals surface area contributed by atoms with E-state index in [0.717, 1.165) is 16.7 Å². The summed E-state index contributed by atoms with van der Waals surface area (Å²) in [7, 11) is 4.05. The summed E-state index contributed by atoms with van der Waals surface area (Å²) in [5.74, 6) is 0.101. The lowest BCUT2D eigenvalue weighted by atomic mass is 10.0. The fourth-order valence-corrected chi connectivity index (χ4v) is 1.85. The van der Waals surface area contributed by atoms with Crippen LogP contribution in [0.25, 0.3) is 11.1 Å². The monoisotopic (exact) mass is 239 g/mol. The number of anilines is 1. The van der Waals surface area contributed by atoms with Crippen LogP contribution in [0.3, 0.4) is 0 Å². The van der Waals surface area contributed by atoms with Crippen molar-refractivity contribution in [3.05, 3.63) is 54.1 Å². The van der Waals surface area contributed by atoms with Gasteiger partial charge in [0.15, 0.2) is 5.78 Å². The molecule has 0 aliphatic heterocycles. The topological polar surface area (TPSA) is 20.3 Å². The van der Waals surface area contributed by atoms with Gasteiger partial charge < -0.3 is 4.90 Å². The highest BCUT2D eigenvalue weighted by atomic mass is 16.1. The summed E-state index contributed by atoms with van der Waals surface area (Å²) in [5, 5.41) is 0. The zero-order valence-electron chi connectivity index (χ0n) is 11.0. The van der Waals surface area contributed by atoms with E-state index in [0.29, 0.717) is 0 Å². The molecule has 2 rings (SSSR count). The molecule has 0 saturated carbocycles. The van der Waals surface area contributed by atoms with E-state index in [1.165, 1.54) is 5.69 Å². The van der Waals surface area contributed by atoms with Gasteiger partial charge in [-0.1, -0.05) is 36.4 Å². The Morgan fingerprint density at radius 3 is 1.67 bits per heavy atom. The van der Waals surface area contributed by atoms with Crippen LogP contribution in [0.15, 0.2) is 48.5 Å². The quantitative estimate of drug-likeness (QED) is 0.762.